The number of nitrogens with zero attached hydrogens (tertiary/aromatic N) is 1. The molecule has 0 spiro atoms. The van der Waals surface area contributed by atoms with Crippen LogP contribution in [-0.2, 0) is 24.3 Å². The van der Waals surface area contributed by atoms with E-state index >= 15 is 0 Å². The van der Waals surface area contributed by atoms with Crippen LogP contribution >= 0.6 is 0 Å². The second kappa shape index (κ2) is 11.2. The van der Waals surface area contributed by atoms with Gasteiger partial charge in [-0.2, -0.15) is 0 Å². The Morgan fingerprint density at radius 1 is 0.925 bits per heavy atom. The number of amides is 1. The highest BCUT2D eigenvalue weighted by Gasteiger charge is 2.28. The lowest BCUT2D eigenvalue weighted by atomic mass is 10.0. The number of esters is 1. The molecular formula is C32H30N2O6. The van der Waals surface area contributed by atoms with Gasteiger partial charge >= 0.3 is 5.97 Å². The number of hydrogen-bond acceptors (Lipinski definition) is 6. The third-order valence-corrected chi connectivity index (χ3v) is 7.14. The predicted molar refractivity (Wildman–Crippen MR) is 150 cm³/mol. The normalized spacial score (nSPS) is 13.4. The molecule has 8 heteroatoms. The van der Waals surface area contributed by atoms with Gasteiger partial charge in [0.05, 0.1) is 23.4 Å². The fourth-order valence-electron chi connectivity index (χ4n) is 5.20. The molecule has 0 atom stereocenters. The van der Waals surface area contributed by atoms with Gasteiger partial charge < -0.3 is 28.8 Å². The smallest absolute Gasteiger partial charge is 0.338 e. The molecule has 6 rings (SSSR count). The minimum Gasteiger partial charge on any atom is -0.489 e. The van der Waals surface area contributed by atoms with E-state index in [4.69, 9.17) is 18.9 Å². The molecule has 0 saturated heterocycles. The maximum atomic E-state index is 13.5. The van der Waals surface area contributed by atoms with E-state index in [1.165, 1.54) is 0 Å². The molecule has 0 radical (unpaired) electrons. The van der Waals surface area contributed by atoms with Crippen molar-refractivity contribution < 1.29 is 28.5 Å². The molecule has 3 aromatic carbocycles. The van der Waals surface area contributed by atoms with Crippen LogP contribution in [-0.4, -0.2) is 29.8 Å². The molecule has 0 fully saturated rings. The number of hydrogen-bond donors (Lipinski definition) is 1. The van der Waals surface area contributed by atoms with E-state index in [0.29, 0.717) is 40.5 Å². The standard InChI is InChI=1S/C32H30N2O6/c1-2-37-32(36)25-18-30-29(39-20-40-30)17-24(25)28-16-26(27-10-6-7-15-34(27)28)31(35)33-22-11-13-23(14-12-22)38-19-21-8-4-3-5-9-21/h3-5,8-9,11-14,16-18H,2,6-7,10,15,19-20H2,1H3,(H,33,35). The van der Waals surface area contributed by atoms with Crippen LogP contribution in [0.5, 0.6) is 17.2 Å². The zero-order chi connectivity index (χ0) is 27.5. The number of ether oxygens (including phenoxy) is 4. The summed E-state index contributed by atoms with van der Waals surface area (Å²) in [6, 6.07) is 22.7. The van der Waals surface area contributed by atoms with E-state index in [1.807, 2.05) is 66.7 Å². The number of carbonyl (C=O) groups excluding carboxylic acids is 2. The van der Waals surface area contributed by atoms with Gasteiger partial charge in [0.2, 0.25) is 6.79 Å². The highest BCUT2D eigenvalue weighted by molar-refractivity contribution is 6.07. The highest BCUT2D eigenvalue weighted by Crippen LogP contribution is 2.41. The molecule has 4 aromatic rings. The fourth-order valence-corrected chi connectivity index (χ4v) is 5.20. The molecule has 8 nitrogen and oxygen atoms in total. The molecule has 1 amide bonds. The molecule has 1 aromatic heterocycles. The highest BCUT2D eigenvalue weighted by atomic mass is 16.7. The predicted octanol–water partition coefficient (Wildman–Crippen LogP) is 6.23. The number of fused-ring (bicyclic) bond motifs is 2. The Bertz CT molecular complexity index is 1540. The van der Waals surface area contributed by atoms with E-state index in [1.54, 1.807) is 13.0 Å². The van der Waals surface area contributed by atoms with Crippen molar-refractivity contribution in [2.24, 2.45) is 0 Å². The Balaban J connectivity index is 1.27. The Morgan fingerprint density at radius 3 is 2.48 bits per heavy atom. The zero-order valence-electron chi connectivity index (χ0n) is 22.3. The van der Waals surface area contributed by atoms with Crippen LogP contribution in [0, 0.1) is 0 Å². The Kier molecular flexibility index (Phi) is 7.14. The lowest BCUT2D eigenvalue weighted by molar-refractivity contribution is 0.0526. The van der Waals surface area contributed by atoms with Gasteiger partial charge in [-0.1, -0.05) is 30.3 Å². The third-order valence-electron chi connectivity index (χ3n) is 7.14. The number of anilines is 1. The molecule has 0 unspecified atom stereocenters. The molecule has 0 saturated carbocycles. The Morgan fingerprint density at radius 2 is 1.70 bits per heavy atom. The van der Waals surface area contributed by atoms with E-state index < -0.39 is 5.97 Å². The second-order valence-corrected chi connectivity index (χ2v) is 9.72. The first-order chi connectivity index (χ1) is 19.6. The summed E-state index contributed by atoms with van der Waals surface area (Å²) in [4.78, 5) is 26.5. The lowest BCUT2D eigenvalue weighted by Crippen LogP contribution is -2.17. The third kappa shape index (κ3) is 5.12. The molecule has 0 aliphatic carbocycles. The summed E-state index contributed by atoms with van der Waals surface area (Å²) < 4.78 is 24.5. The van der Waals surface area contributed by atoms with Gasteiger partial charge in [0.15, 0.2) is 11.5 Å². The first kappa shape index (κ1) is 25.6. The van der Waals surface area contributed by atoms with Crippen LogP contribution < -0.4 is 19.5 Å². The Labute approximate surface area is 232 Å². The molecule has 0 bridgehead atoms. The maximum absolute atomic E-state index is 13.5. The Hall–Kier alpha value is -4.72. The van der Waals surface area contributed by atoms with Crippen LogP contribution in [0.1, 0.15) is 51.7 Å². The minimum absolute atomic E-state index is 0.0943. The summed E-state index contributed by atoms with van der Waals surface area (Å²) in [5.41, 5.74) is 5.12. The number of carbonyl (C=O) groups is 2. The average molecular weight is 539 g/mol. The van der Waals surface area contributed by atoms with Crippen molar-refractivity contribution in [1.82, 2.24) is 4.57 Å². The lowest BCUT2D eigenvalue weighted by Gasteiger charge is -2.20. The van der Waals surface area contributed by atoms with Crippen molar-refractivity contribution in [2.75, 3.05) is 18.7 Å². The van der Waals surface area contributed by atoms with E-state index in [0.717, 1.165) is 48.5 Å². The quantitative estimate of drug-likeness (QED) is 0.268. The first-order valence-electron chi connectivity index (χ1n) is 13.5. The number of benzene rings is 3. The van der Waals surface area contributed by atoms with Gasteiger partial charge in [-0.15, -0.1) is 0 Å². The maximum Gasteiger partial charge on any atom is 0.338 e. The number of nitrogens with one attached hydrogen (secondary N) is 1. The summed E-state index contributed by atoms with van der Waals surface area (Å²) in [7, 11) is 0. The largest absolute Gasteiger partial charge is 0.489 e. The average Bonchev–Trinajstić information content (AvgIpc) is 3.61. The monoisotopic (exact) mass is 538 g/mol. The summed E-state index contributed by atoms with van der Waals surface area (Å²) in [6.45, 7) is 3.34. The van der Waals surface area contributed by atoms with Crippen molar-refractivity contribution in [3.8, 4) is 28.5 Å². The molecule has 204 valence electrons. The van der Waals surface area contributed by atoms with Crippen LogP contribution in [0.25, 0.3) is 11.3 Å². The second-order valence-electron chi connectivity index (χ2n) is 9.72. The van der Waals surface area contributed by atoms with E-state index in [-0.39, 0.29) is 19.3 Å². The summed E-state index contributed by atoms with van der Waals surface area (Å²) in [6.07, 6.45) is 2.75. The van der Waals surface area contributed by atoms with Crippen LogP contribution in [0.2, 0.25) is 0 Å². The molecule has 2 aliphatic rings. The van der Waals surface area contributed by atoms with Crippen molar-refractivity contribution >= 4 is 17.6 Å². The summed E-state index contributed by atoms with van der Waals surface area (Å²) >= 11 is 0. The van der Waals surface area contributed by atoms with Gasteiger partial charge in [0.1, 0.15) is 12.4 Å². The van der Waals surface area contributed by atoms with Crippen LogP contribution in [0.3, 0.4) is 0 Å². The molecule has 40 heavy (non-hydrogen) atoms. The molecule has 2 aliphatic heterocycles. The van der Waals surface area contributed by atoms with Gasteiger partial charge in [-0.25, -0.2) is 4.79 Å². The SMILES string of the molecule is CCOC(=O)c1cc2c(cc1-c1cc(C(=O)Nc3ccc(OCc4ccccc4)cc3)c3n1CCCC3)OCO2. The van der Waals surface area contributed by atoms with Crippen molar-refractivity contribution in [1.29, 1.82) is 0 Å². The number of aromatic nitrogens is 1. The molecule has 1 N–H and O–H groups in total. The van der Waals surface area contributed by atoms with Crippen molar-refractivity contribution in [3.05, 3.63) is 95.2 Å². The summed E-state index contributed by atoms with van der Waals surface area (Å²) in [5, 5.41) is 3.03. The van der Waals surface area contributed by atoms with Crippen LogP contribution in [0.15, 0.2) is 72.8 Å². The molecular weight excluding hydrogens is 508 g/mol. The van der Waals surface area contributed by atoms with Crippen molar-refractivity contribution in [2.45, 2.75) is 39.3 Å². The van der Waals surface area contributed by atoms with Crippen LogP contribution in [0.4, 0.5) is 5.69 Å². The number of rotatable bonds is 8. The summed E-state index contributed by atoms with van der Waals surface area (Å²) in [5.74, 6) is 1.15. The van der Waals surface area contributed by atoms with E-state index in [2.05, 4.69) is 9.88 Å². The topological polar surface area (TPSA) is 88.0 Å². The fraction of sp³-hybridized carbons (Fsp3) is 0.250. The van der Waals surface area contributed by atoms with Gasteiger partial charge in [0, 0.05) is 23.5 Å². The van der Waals surface area contributed by atoms with Crippen molar-refractivity contribution in [3.63, 3.8) is 0 Å². The van der Waals surface area contributed by atoms with Gasteiger partial charge in [0.25, 0.3) is 5.91 Å². The molecule has 3 heterocycles. The first-order valence-corrected chi connectivity index (χ1v) is 13.5. The zero-order valence-corrected chi connectivity index (χ0v) is 22.3. The van der Waals surface area contributed by atoms with Gasteiger partial charge in [-0.05, 0) is 74.2 Å². The van der Waals surface area contributed by atoms with E-state index in [9.17, 15) is 9.59 Å². The minimum atomic E-state index is -0.442. The van der Waals surface area contributed by atoms with Gasteiger partial charge in [-0.3, -0.25) is 4.79 Å².